The molecule has 1 atom stereocenters. The van der Waals surface area contributed by atoms with Gasteiger partial charge in [-0.15, -0.1) is 0 Å². The highest BCUT2D eigenvalue weighted by molar-refractivity contribution is 7.88. The van der Waals surface area contributed by atoms with E-state index in [1.807, 2.05) is 13.8 Å². The van der Waals surface area contributed by atoms with Crippen LogP contribution in [0.5, 0.6) is 0 Å². The zero-order valence-electron chi connectivity index (χ0n) is 11.9. The van der Waals surface area contributed by atoms with E-state index in [0.29, 0.717) is 32.5 Å². The molecular weight excluding hydrogens is 266 g/mol. The Bertz CT molecular complexity index is 400. The molecule has 1 amide bonds. The van der Waals surface area contributed by atoms with Crippen LogP contribution in [0.3, 0.4) is 0 Å². The standard InChI is InChI=1S/C12H25N3O3S/c1-9(2)11(8-13)12(16)14-10-4-6-15(7-5-10)19(3,17)18/h9-11H,4-8,13H2,1-3H3,(H,14,16). The third-order valence-corrected chi connectivity index (χ3v) is 4.97. The van der Waals surface area contributed by atoms with Gasteiger partial charge in [-0.1, -0.05) is 13.8 Å². The summed E-state index contributed by atoms with van der Waals surface area (Å²) in [5.41, 5.74) is 5.61. The first-order valence-corrected chi connectivity index (χ1v) is 8.56. The van der Waals surface area contributed by atoms with E-state index < -0.39 is 10.0 Å². The number of hydrogen-bond donors (Lipinski definition) is 2. The minimum Gasteiger partial charge on any atom is -0.353 e. The van der Waals surface area contributed by atoms with Gasteiger partial charge in [-0.3, -0.25) is 4.79 Å². The summed E-state index contributed by atoms with van der Waals surface area (Å²) >= 11 is 0. The maximum absolute atomic E-state index is 12.0. The molecule has 0 aromatic rings. The summed E-state index contributed by atoms with van der Waals surface area (Å²) in [4.78, 5) is 12.0. The Balaban J connectivity index is 2.47. The molecule has 19 heavy (non-hydrogen) atoms. The van der Waals surface area contributed by atoms with Crippen molar-refractivity contribution in [2.24, 2.45) is 17.6 Å². The Labute approximate surface area is 115 Å². The Kier molecular flexibility index (Phi) is 5.76. The minimum atomic E-state index is -3.11. The molecule has 0 aromatic heterocycles. The Morgan fingerprint density at radius 2 is 1.89 bits per heavy atom. The van der Waals surface area contributed by atoms with E-state index in [1.165, 1.54) is 10.6 Å². The first-order chi connectivity index (χ1) is 8.75. The van der Waals surface area contributed by atoms with Crippen molar-refractivity contribution in [2.45, 2.75) is 32.7 Å². The van der Waals surface area contributed by atoms with Gasteiger partial charge in [-0.05, 0) is 18.8 Å². The van der Waals surface area contributed by atoms with Crippen LogP contribution in [0.4, 0.5) is 0 Å². The summed E-state index contributed by atoms with van der Waals surface area (Å²) in [7, 11) is -3.11. The highest BCUT2D eigenvalue weighted by atomic mass is 32.2. The quantitative estimate of drug-likeness (QED) is 0.731. The number of hydrogen-bond acceptors (Lipinski definition) is 4. The van der Waals surface area contributed by atoms with Gasteiger partial charge in [0.25, 0.3) is 0 Å². The van der Waals surface area contributed by atoms with E-state index in [1.54, 1.807) is 0 Å². The van der Waals surface area contributed by atoms with Crippen LogP contribution in [0.1, 0.15) is 26.7 Å². The molecule has 1 fully saturated rings. The topological polar surface area (TPSA) is 92.5 Å². The number of rotatable bonds is 5. The minimum absolute atomic E-state index is 0.0182. The number of nitrogens with two attached hydrogens (primary N) is 1. The van der Waals surface area contributed by atoms with Gasteiger partial charge in [-0.25, -0.2) is 12.7 Å². The van der Waals surface area contributed by atoms with Crippen molar-refractivity contribution in [1.29, 1.82) is 0 Å². The Morgan fingerprint density at radius 1 is 1.37 bits per heavy atom. The largest absolute Gasteiger partial charge is 0.353 e. The molecule has 3 N–H and O–H groups in total. The Morgan fingerprint density at radius 3 is 2.26 bits per heavy atom. The maximum Gasteiger partial charge on any atom is 0.224 e. The second-order valence-electron chi connectivity index (χ2n) is 5.53. The molecule has 1 aliphatic rings. The molecule has 1 heterocycles. The lowest BCUT2D eigenvalue weighted by atomic mass is 9.94. The van der Waals surface area contributed by atoms with Crippen molar-refractivity contribution < 1.29 is 13.2 Å². The monoisotopic (exact) mass is 291 g/mol. The van der Waals surface area contributed by atoms with E-state index in [4.69, 9.17) is 5.73 Å². The lowest BCUT2D eigenvalue weighted by Gasteiger charge is -2.31. The van der Waals surface area contributed by atoms with Gasteiger partial charge >= 0.3 is 0 Å². The summed E-state index contributed by atoms with van der Waals surface area (Å²) in [6.45, 7) is 5.23. The number of nitrogens with one attached hydrogen (secondary N) is 1. The van der Waals surface area contributed by atoms with Crippen LogP contribution in [-0.2, 0) is 14.8 Å². The molecule has 0 saturated carbocycles. The smallest absolute Gasteiger partial charge is 0.224 e. The van der Waals surface area contributed by atoms with Crippen LogP contribution in [0.15, 0.2) is 0 Å². The molecule has 7 heteroatoms. The predicted octanol–water partition coefficient (Wildman–Crippen LogP) is -0.242. The van der Waals surface area contributed by atoms with Gasteiger partial charge in [0.05, 0.1) is 12.2 Å². The van der Waals surface area contributed by atoms with Gasteiger partial charge in [0.1, 0.15) is 0 Å². The van der Waals surface area contributed by atoms with E-state index in [2.05, 4.69) is 5.32 Å². The summed E-state index contributed by atoms with van der Waals surface area (Å²) in [6, 6.07) is 0.0540. The number of nitrogens with zero attached hydrogens (tertiary/aromatic N) is 1. The summed E-state index contributed by atoms with van der Waals surface area (Å²) in [6.07, 6.45) is 2.54. The number of amides is 1. The van der Waals surface area contributed by atoms with E-state index in [-0.39, 0.29) is 23.8 Å². The van der Waals surface area contributed by atoms with Crippen molar-refractivity contribution >= 4 is 15.9 Å². The van der Waals surface area contributed by atoms with Crippen molar-refractivity contribution in [2.75, 3.05) is 25.9 Å². The molecule has 0 spiro atoms. The normalized spacial score (nSPS) is 20.5. The molecule has 0 aromatic carbocycles. The molecule has 112 valence electrons. The second kappa shape index (κ2) is 6.67. The van der Waals surface area contributed by atoms with Gasteiger partial charge in [0.2, 0.25) is 15.9 Å². The van der Waals surface area contributed by atoms with E-state index >= 15 is 0 Å². The Hall–Kier alpha value is -0.660. The first-order valence-electron chi connectivity index (χ1n) is 6.71. The van der Waals surface area contributed by atoms with Gasteiger partial charge < -0.3 is 11.1 Å². The van der Waals surface area contributed by atoms with Crippen LogP contribution >= 0.6 is 0 Å². The van der Waals surface area contributed by atoms with E-state index in [9.17, 15) is 13.2 Å². The lowest BCUT2D eigenvalue weighted by molar-refractivity contribution is -0.126. The summed E-state index contributed by atoms with van der Waals surface area (Å²) in [5, 5.41) is 2.98. The average molecular weight is 291 g/mol. The average Bonchev–Trinajstić information content (AvgIpc) is 2.28. The highest BCUT2D eigenvalue weighted by Gasteiger charge is 2.28. The third-order valence-electron chi connectivity index (χ3n) is 3.66. The predicted molar refractivity (Wildman–Crippen MR) is 75.0 cm³/mol. The molecule has 1 unspecified atom stereocenters. The molecule has 6 nitrogen and oxygen atoms in total. The molecule has 1 rings (SSSR count). The fourth-order valence-electron chi connectivity index (χ4n) is 2.32. The fourth-order valence-corrected chi connectivity index (χ4v) is 3.20. The van der Waals surface area contributed by atoms with Crippen LogP contribution < -0.4 is 11.1 Å². The SMILES string of the molecule is CC(C)C(CN)C(=O)NC1CCN(S(C)(=O)=O)CC1. The van der Waals surface area contributed by atoms with Gasteiger partial charge in [0, 0.05) is 25.7 Å². The number of carbonyl (C=O) groups excluding carboxylic acids is 1. The third kappa shape index (κ3) is 4.74. The maximum atomic E-state index is 12.0. The van der Waals surface area contributed by atoms with Gasteiger partial charge in [0.15, 0.2) is 0 Å². The van der Waals surface area contributed by atoms with Crippen molar-refractivity contribution in [1.82, 2.24) is 9.62 Å². The second-order valence-corrected chi connectivity index (χ2v) is 7.51. The van der Waals surface area contributed by atoms with Crippen LogP contribution in [0.25, 0.3) is 0 Å². The molecule has 0 bridgehead atoms. The van der Waals surface area contributed by atoms with Crippen molar-refractivity contribution in [3.63, 3.8) is 0 Å². The van der Waals surface area contributed by atoms with Crippen LogP contribution in [-0.4, -0.2) is 50.6 Å². The molecule has 1 saturated heterocycles. The molecule has 0 radical (unpaired) electrons. The molecule has 0 aliphatic carbocycles. The molecular formula is C12H25N3O3S. The van der Waals surface area contributed by atoms with Crippen molar-refractivity contribution in [3.05, 3.63) is 0 Å². The zero-order valence-corrected chi connectivity index (χ0v) is 12.7. The van der Waals surface area contributed by atoms with E-state index in [0.717, 1.165) is 0 Å². The first kappa shape index (κ1) is 16.4. The van der Waals surface area contributed by atoms with Crippen LogP contribution in [0, 0.1) is 11.8 Å². The van der Waals surface area contributed by atoms with Crippen LogP contribution in [0.2, 0.25) is 0 Å². The van der Waals surface area contributed by atoms with Crippen molar-refractivity contribution in [3.8, 4) is 0 Å². The number of piperidine rings is 1. The number of carbonyl (C=O) groups is 1. The zero-order chi connectivity index (χ0) is 14.6. The summed E-state index contributed by atoms with van der Waals surface area (Å²) in [5.74, 6) is 0.0179. The fraction of sp³-hybridized carbons (Fsp3) is 0.917. The molecule has 1 aliphatic heterocycles. The number of sulfonamides is 1. The lowest BCUT2D eigenvalue weighted by Crippen LogP contribution is -2.49. The summed E-state index contributed by atoms with van der Waals surface area (Å²) < 4.78 is 24.2. The highest BCUT2D eigenvalue weighted by Crippen LogP contribution is 2.15. The van der Waals surface area contributed by atoms with Gasteiger partial charge in [-0.2, -0.15) is 0 Å².